The van der Waals surface area contributed by atoms with Gasteiger partial charge >= 0.3 is 6.18 Å². The van der Waals surface area contributed by atoms with E-state index in [-0.39, 0.29) is 18.3 Å². The van der Waals surface area contributed by atoms with Gasteiger partial charge in [-0.25, -0.2) is 0 Å². The molecule has 2 heterocycles. The van der Waals surface area contributed by atoms with Gasteiger partial charge in [-0.15, -0.1) is 12.4 Å². The highest BCUT2D eigenvalue weighted by atomic mass is 35.5. The summed E-state index contributed by atoms with van der Waals surface area (Å²) in [5, 5.41) is 6.39. The molecule has 1 aromatic carbocycles. The molecule has 25 heavy (non-hydrogen) atoms. The average molecular weight is 377 g/mol. The summed E-state index contributed by atoms with van der Waals surface area (Å²) in [5.74, 6) is 0.295. The van der Waals surface area contributed by atoms with E-state index in [0.717, 1.165) is 25.0 Å². The van der Waals surface area contributed by atoms with Crippen molar-refractivity contribution in [2.24, 2.45) is 5.92 Å². The first-order valence-electron chi connectivity index (χ1n) is 8.54. The van der Waals surface area contributed by atoms with Gasteiger partial charge < -0.3 is 10.6 Å². The van der Waals surface area contributed by atoms with E-state index in [2.05, 4.69) is 10.6 Å². The Labute approximate surface area is 152 Å². The maximum absolute atomic E-state index is 12.8. The predicted molar refractivity (Wildman–Crippen MR) is 92.5 cm³/mol. The van der Waals surface area contributed by atoms with Crippen molar-refractivity contribution in [1.29, 1.82) is 0 Å². The number of carbonyl (C=O) groups excluding carboxylic acids is 1. The third-order valence-electron chi connectivity index (χ3n) is 5.14. The number of carbonyl (C=O) groups is 1. The third kappa shape index (κ3) is 5.11. The minimum atomic E-state index is -4.37. The van der Waals surface area contributed by atoms with Crippen LogP contribution in [0.15, 0.2) is 24.3 Å². The molecule has 7 heteroatoms. The summed E-state index contributed by atoms with van der Waals surface area (Å²) in [7, 11) is 0. The van der Waals surface area contributed by atoms with E-state index in [1.165, 1.54) is 18.9 Å². The molecule has 2 aliphatic heterocycles. The van der Waals surface area contributed by atoms with Gasteiger partial charge in [-0.05, 0) is 56.2 Å². The molecule has 3 rings (SSSR count). The lowest BCUT2D eigenvalue weighted by molar-refractivity contribution is -0.137. The van der Waals surface area contributed by atoms with Gasteiger partial charge in [0.25, 0.3) is 0 Å². The first-order chi connectivity index (χ1) is 11.3. The zero-order chi connectivity index (χ0) is 17.3. The van der Waals surface area contributed by atoms with E-state index in [1.807, 2.05) is 0 Å². The van der Waals surface area contributed by atoms with Gasteiger partial charge in [0, 0.05) is 18.5 Å². The Hall–Kier alpha value is -1.27. The number of fused-ring (bicyclic) bond motifs is 2. The molecule has 0 saturated carbocycles. The Morgan fingerprint density at radius 3 is 2.52 bits per heavy atom. The molecule has 0 spiro atoms. The van der Waals surface area contributed by atoms with Gasteiger partial charge in [0.15, 0.2) is 0 Å². The van der Waals surface area contributed by atoms with Crippen LogP contribution in [-0.4, -0.2) is 18.0 Å². The zero-order valence-corrected chi connectivity index (χ0v) is 14.9. The summed E-state index contributed by atoms with van der Waals surface area (Å²) in [6.07, 6.45) is 0.489. The molecule has 2 bridgehead atoms. The maximum Gasteiger partial charge on any atom is 0.416 e. The molecule has 2 N–H and O–H groups in total. The highest BCUT2D eigenvalue weighted by molar-refractivity contribution is 5.85. The van der Waals surface area contributed by atoms with Gasteiger partial charge in [-0.2, -0.15) is 13.2 Å². The second-order valence-corrected chi connectivity index (χ2v) is 7.09. The third-order valence-corrected chi connectivity index (χ3v) is 5.14. The van der Waals surface area contributed by atoms with E-state index in [1.54, 1.807) is 13.0 Å². The fourth-order valence-electron chi connectivity index (χ4n) is 3.97. The summed E-state index contributed by atoms with van der Waals surface area (Å²) in [5.41, 5.74) is -0.209. The lowest BCUT2D eigenvalue weighted by Gasteiger charge is -2.29. The van der Waals surface area contributed by atoms with E-state index in [9.17, 15) is 18.0 Å². The van der Waals surface area contributed by atoms with Crippen molar-refractivity contribution in [3.8, 4) is 0 Å². The van der Waals surface area contributed by atoms with Gasteiger partial charge in [0.1, 0.15) is 0 Å². The maximum atomic E-state index is 12.8. The Morgan fingerprint density at radius 2 is 1.92 bits per heavy atom. The molecular formula is C18H24ClF3N2O. The molecule has 140 valence electrons. The smallest absolute Gasteiger partial charge is 0.350 e. The van der Waals surface area contributed by atoms with Crippen LogP contribution in [0.1, 0.15) is 56.2 Å². The summed E-state index contributed by atoms with van der Waals surface area (Å²) >= 11 is 0. The molecule has 2 aliphatic rings. The molecule has 0 radical (unpaired) electrons. The molecule has 0 aliphatic carbocycles. The van der Waals surface area contributed by atoms with Gasteiger partial charge in [-0.3, -0.25) is 4.79 Å². The first-order valence-corrected chi connectivity index (χ1v) is 8.54. The van der Waals surface area contributed by atoms with Crippen LogP contribution in [0.5, 0.6) is 0 Å². The number of benzene rings is 1. The van der Waals surface area contributed by atoms with Crippen molar-refractivity contribution in [1.82, 2.24) is 10.6 Å². The number of hydrogen-bond acceptors (Lipinski definition) is 2. The topological polar surface area (TPSA) is 41.1 Å². The number of halogens is 4. The van der Waals surface area contributed by atoms with Gasteiger partial charge in [-0.1, -0.05) is 12.1 Å². The number of piperidine rings is 1. The lowest BCUT2D eigenvalue weighted by Crippen LogP contribution is -2.40. The highest BCUT2D eigenvalue weighted by Crippen LogP contribution is 2.33. The molecule has 3 unspecified atom stereocenters. The Kier molecular flexibility index (Phi) is 6.38. The van der Waals surface area contributed by atoms with Crippen LogP contribution in [0.3, 0.4) is 0 Å². The van der Waals surface area contributed by atoms with Crippen molar-refractivity contribution in [2.45, 2.75) is 63.3 Å². The summed E-state index contributed by atoms with van der Waals surface area (Å²) in [6.45, 7) is 1.72. The van der Waals surface area contributed by atoms with Gasteiger partial charge in [0.05, 0.1) is 11.6 Å². The van der Waals surface area contributed by atoms with Crippen LogP contribution in [-0.2, 0) is 11.0 Å². The number of hydrogen-bond donors (Lipinski definition) is 2. The van der Waals surface area contributed by atoms with Crippen LogP contribution >= 0.6 is 12.4 Å². The van der Waals surface area contributed by atoms with Crippen LogP contribution in [0.4, 0.5) is 13.2 Å². The predicted octanol–water partition coefficient (Wildman–Crippen LogP) is 4.23. The molecule has 2 saturated heterocycles. The van der Waals surface area contributed by atoms with Crippen molar-refractivity contribution in [3.63, 3.8) is 0 Å². The van der Waals surface area contributed by atoms with Crippen molar-refractivity contribution in [2.75, 3.05) is 0 Å². The number of nitrogens with one attached hydrogen (secondary N) is 2. The zero-order valence-electron chi connectivity index (χ0n) is 14.1. The van der Waals surface area contributed by atoms with Crippen LogP contribution in [0, 0.1) is 5.92 Å². The molecular weight excluding hydrogens is 353 g/mol. The monoisotopic (exact) mass is 376 g/mol. The number of rotatable bonds is 4. The van der Waals surface area contributed by atoms with Crippen molar-refractivity contribution in [3.05, 3.63) is 35.4 Å². The lowest BCUT2D eigenvalue weighted by atomic mass is 9.89. The van der Waals surface area contributed by atoms with Gasteiger partial charge in [0.2, 0.25) is 5.91 Å². The fourth-order valence-corrected chi connectivity index (χ4v) is 3.97. The molecule has 3 nitrogen and oxygen atoms in total. The standard InChI is InChI=1S/C18H23F3N2O.ClH/c1-11(13-3-2-4-14(10-13)18(19,20)21)22-17(24)9-12-7-15-5-6-16(8-12)23-15;/h2-4,10-12,15-16,23H,5-9H2,1H3,(H,22,24);1H. The largest absolute Gasteiger partial charge is 0.416 e. The van der Waals surface area contributed by atoms with Crippen molar-refractivity contribution < 1.29 is 18.0 Å². The fraction of sp³-hybridized carbons (Fsp3) is 0.611. The normalized spacial score (nSPS) is 26.6. The summed E-state index contributed by atoms with van der Waals surface area (Å²) < 4.78 is 38.4. The van der Waals surface area contributed by atoms with E-state index < -0.39 is 17.8 Å². The Bertz CT molecular complexity index is 596. The van der Waals surface area contributed by atoms with Crippen LogP contribution in [0.25, 0.3) is 0 Å². The number of alkyl halides is 3. The van der Waals surface area contributed by atoms with Crippen molar-refractivity contribution >= 4 is 18.3 Å². The van der Waals surface area contributed by atoms with E-state index in [0.29, 0.717) is 30.0 Å². The molecule has 3 atom stereocenters. The first kappa shape index (κ1) is 20.0. The van der Waals surface area contributed by atoms with Crippen LogP contribution < -0.4 is 10.6 Å². The summed E-state index contributed by atoms with van der Waals surface area (Å²) in [6, 6.07) is 5.78. The summed E-state index contributed by atoms with van der Waals surface area (Å²) in [4.78, 5) is 12.3. The van der Waals surface area contributed by atoms with Crippen LogP contribution in [0.2, 0.25) is 0 Å². The minimum absolute atomic E-state index is 0. The van der Waals surface area contributed by atoms with E-state index >= 15 is 0 Å². The molecule has 0 aromatic heterocycles. The Balaban J connectivity index is 0.00000225. The second-order valence-electron chi connectivity index (χ2n) is 7.09. The highest BCUT2D eigenvalue weighted by Gasteiger charge is 2.34. The SMILES string of the molecule is CC(NC(=O)CC1CC2CCC(C1)N2)c1cccc(C(F)(F)F)c1.Cl. The molecule has 2 fully saturated rings. The van der Waals surface area contributed by atoms with E-state index in [4.69, 9.17) is 0 Å². The molecule has 1 aromatic rings. The number of amides is 1. The minimum Gasteiger partial charge on any atom is -0.350 e. The molecule has 1 amide bonds. The second kappa shape index (κ2) is 7.96. The Morgan fingerprint density at radius 1 is 1.28 bits per heavy atom. The average Bonchev–Trinajstić information content (AvgIpc) is 2.85. The quantitative estimate of drug-likeness (QED) is 0.825.